The molecule has 0 saturated carbocycles. The SMILES string of the molecule is COCCN(CCCCOc1ccc2c(-c3ccc(F)cc3)csc2c1)CCOC. The summed E-state index contributed by atoms with van der Waals surface area (Å²) in [5.74, 6) is 0.681. The molecule has 0 bridgehead atoms. The summed E-state index contributed by atoms with van der Waals surface area (Å²) in [6.45, 7) is 5.03. The van der Waals surface area contributed by atoms with Gasteiger partial charge in [0.25, 0.3) is 0 Å². The zero-order chi connectivity index (χ0) is 21.2. The molecule has 0 saturated heterocycles. The van der Waals surface area contributed by atoms with E-state index in [2.05, 4.69) is 22.4 Å². The Kier molecular flexibility index (Phi) is 9.08. The van der Waals surface area contributed by atoms with Gasteiger partial charge in [-0.3, -0.25) is 4.90 Å². The number of fused-ring (bicyclic) bond motifs is 1. The quantitative estimate of drug-likeness (QED) is 0.336. The summed E-state index contributed by atoms with van der Waals surface area (Å²) in [7, 11) is 3.46. The molecule has 1 aromatic heterocycles. The lowest BCUT2D eigenvalue weighted by Crippen LogP contribution is -2.31. The van der Waals surface area contributed by atoms with E-state index in [1.165, 1.54) is 22.2 Å². The smallest absolute Gasteiger partial charge is 0.123 e. The minimum absolute atomic E-state index is 0.213. The fourth-order valence-electron chi connectivity index (χ4n) is 3.36. The van der Waals surface area contributed by atoms with Gasteiger partial charge in [-0.05, 0) is 60.7 Å². The Hall–Kier alpha value is -1.99. The van der Waals surface area contributed by atoms with Gasteiger partial charge >= 0.3 is 0 Å². The molecule has 3 aromatic rings. The zero-order valence-electron chi connectivity index (χ0n) is 17.7. The summed E-state index contributed by atoms with van der Waals surface area (Å²) < 4.78 is 30.7. The summed E-state index contributed by atoms with van der Waals surface area (Å²) >= 11 is 1.69. The van der Waals surface area contributed by atoms with Gasteiger partial charge in [0, 0.05) is 43.0 Å². The maximum Gasteiger partial charge on any atom is 0.123 e. The minimum atomic E-state index is -0.213. The number of hydrogen-bond donors (Lipinski definition) is 0. The summed E-state index contributed by atoms with van der Waals surface area (Å²) in [5, 5.41) is 3.29. The first-order valence-corrected chi connectivity index (χ1v) is 11.2. The molecule has 0 aliphatic rings. The number of halogens is 1. The highest BCUT2D eigenvalue weighted by atomic mass is 32.1. The standard InChI is InChI=1S/C24H30FNO3S/c1-27-15-12-26(13-16-28-2)11-3-4-14-29-21-9-10-22-23(18-30-24(22)17-21)19-5-7-20(25)8-6-19/h5-10,17-18H,3-4,11-16H2,1-2H3. The van der Waals surface area contributed by atoms with E-state index in [0.717, 1.165) is 62.6 Å². The van der Waals surface area contributed by atoms with Crippen LogP contribution in [-0.2, 0) is 9.47 Å². The van der Waals surface area contributed by atoms with Gasteiger partial charge in [-0.1, -0.05) is 12.1 Å². The molecule has 30 heavy (non-hydrogen) atoms. The molecule has 0 N–H and O–H groups in total. The number of unbranched alkanes of at least 4 members (excludes halogenated alkanes) is 1. The summed E-state index contributed by atoms with van der Waals surface area (Å²) in [5.41, 5.74) is 2.16. The van der Waals surface area contributed by atoms with Crippen molar-refractivity contribution in [1.82, 2.24) is 4.90 Å². The Balaban J connectivity index is 1.49. The van der Waals surface area contributed by atoms with Crippen molar-refractivity contribution >= 4 is 21.4 Å². The van der Waals surface area contributed by atoms with Gasteiger partial charge < -0.3 is 14.2 Å². The van der Waals surface area contributed by atoms with Crippen molar-refractivity contribution in [3.8, 4) is 16.9 Å². The fraction of sp³-hybridized carbons (Fsp3) is 0.417. The van der Waals surface area contributed by atoms with E-state index in [-0.39, 0.29) is 5.82 Å². The minimum Gasteiger partial charge on any atom is -0.494 e. The van der Waals surface area contributed by atoms with Crippen LogP contribution in [0.25, 0.3) is 21.2 Å². The summed E-state index contributed by atoms with van der Waals surface area (Å²) in [4.78, 5) is 2.36. The second-order valence-corrected chi connectivity index (χ2v) is 8.11. The van der Waals surface area contributed by atoms with Crippen molar-refractivity contribution in [3.05, 3.63) is 53.7 Å². The molecular weight excluding hydrogens is 401 g/mol. The lowest BCUT2D eigenvalue weighted by atomic mass is 10.0. The van der Waals surface area contributed by atoms with E-state index in [1.54, 1.807) is 25.6 Å². The topological polar surface area (TPSA) is 30.9 Å². The Labute approximate surface area is 182 Å². The Morgan fingerprint density at radius 3 is 2.30 bits per heavy atom. The zero-order valence-corrected chi connectivity index (χ0v) is 18.6. The van der Waals surface area contributed by atoms with Crippen molar-refractivity contribution in [2.75, 3.05) is 53.7 Å². The van der Waals surface area contributed by atoms with Crippen LogP contribution in [0.2, 0.25) is 0 Å². The first kappa shape index (κ1) is 22.7. The second kappa shape index (κ2) is 12.0. The van der Waals surface area contributed by atoms with Crippen LogP contribution in [0.15, 0.2) is 47.8 Å². The largest absolute Gasteiger partial charge is 0.494 e. The first-order valence-electron chi connectivity index (χ1n) is 10.3. The average Bonchev–Trinajstić information content (AvgIpc) is 3.18. The predicted molar refractivity (Wildman–Crippen MR) is 122 cm³/mol. The molecule has 0 aliphatic carbocycles. The summed E-state index contributed by atoms with van der Waals surface area (Å²) in [6, 6.07) is 12.9. The van der Waals surface area contributed by atoms with Crippen LogP contribution in [0.1, 0.15) is 12.8 Å². The van der Waals surface area contributed by atoms with E-state index in [4.69, 9.17) is 14.2 Å². The summed E-state index contributed by atoms with van der Waals surface area (Å²) in [6.07, 6.45) is 2.07. The number of hydrogen-bond acceptors (Lipinski definition) is 5. The number of thiophene rings is 1. The molecule has 3 rings (SSSR count). The fourth-order valence-corrected chi connectivity index (χ4v) is 4.35. The van der Waals surface area contributed by atoms with Gasteiger partial charge in [0.1, 0.15) is 11.6 Å². The van der Waals surface area contributed by atoms with Gasteiger partial charge in [-0.2, -0.15) is 0 Å². The number of nitrogens with zero attached hydrogens (tertiary/aromatic N) is 1. The average molecular weight is 432 g/mol. The van der Waals surface area contributed by atoms with Gasteiger partial charge in [0.2, 0.25) is 0 Å². The molecule has 2 aromatic carbocycles. The van der Waals surface area contributed by atoms with Crippen molar-refractivity contribution in [2.24, 2.45) is 0 Å². The van der Waals surface area contributed by atoms with E-state index >= 15 is 0 Å². The molecular formula is C24H30FNO3S. The second-order valence-electron chi connectivity index (χ2n) is 7.20. The van der Waals surface area contributed by atoms with E-state index < -0.39 is 0 Å². The Morgan fingerprint density at radius 1 is 0.867 bits per heavy atom. The van der Waals surface area contributed by atoms with Crippen LogP contribution < -0.4 is 4.74 Å². The monoisotopic (exact) mass is 431 g/mol. The molecule has 0 unspecified atom stereocenters. The van der Waals surface area contributed by atoms with Crippen LogP contribution in [0.4, 0.5) is 4.39 Å². The molecule has 0 aliphatic heterocycles. The first-order chi connectivity index (χ1) is 14.7. The molecule has 0 fully saturated rings. The van der Waals surface area contributed by atoms with E-state index in [0.29, 0.717) is 6.61 Å². The molecule has 0 amide bonds. The highest BCUT2D eigenvalue weighted by Crippen LogP contribution is 2.36. The van der Waals surface area contributed by atoms with Crippen molar-refractivity contribution < 1.29 is 18.6 Å². The normalized spacial score (nSPS) is 11.5. The molecule has 0 spiro atoms. The third-order valence-electron chi connectivity index (χ3n) is 5.06. The van der Waals surface area contributed by atoms with Gasteiger partial charge in [-0.25, -0.2) is 4.39 Å². The number of rotatable bonds is 13. The Morgan fingerprint density at radius 2 is 1.60 bits per heavy atom. The van der Waals surface area contributed by atoms with Crippen LogP contribution in [0.3, 0.4) is 0 Å². The van der Waals surface area contributed by atoms with Crippen LogP contribution in [0, 0.1) is 5.82 Å². The molecule has 1 heterocycles. The number of benzene rings is 2. The number of ether oxygens (including phenoxy) is 3. The maximum absolute atomic E-state index is 13.2. The number of methoxy groups -OCH3 is 2. The maximum atomic E-state index is 13.2. The predicted octanol–water partition coefficient (Wildman–Crippen LogP) is 5.46. The van der Waals surface area contributed by atoms with Gasteiger partial charge in [0.15, 0.2) is 0 Å². The van der Waals surface area contributed by atoms with Gasteiger partial charge in [0.05, 0.1) is 19.8 Å². The third-order valence-corrected chi connectivity index (χ3v) is 6.01. The molecule has 162 valence electrons. The van der Waals surface area contributed by atoms with Crippen molar-refractivity contribution in [3.63, 3.8) is 0 Å². The lowest BCUT2D eigenvalue weighted by Gasteiger charge is -2.21. The third kappa shape index (κ3) is 6.51. The highest BCUT2D eigenvalue weighted by Gasteiger charge is 2.08. The van der Waals surface area contributed by atoms with E-state index in [1.807, 2.05) is 18.2 Å². The van der Waals surface area contributed by atoms with Crippen LogP contribution in [-0.4, -0.2) is 58.6 Å². The highest BCUT2D eigenvalue weighted by molar-refractivity contribution is 7.17. The van der Waals surface area contributed by atoms with E-state index in [9.17, 15) is 4.39 Å². The van der Waals surface area contributed by atoms with Crippen LogP contribution in [0.5, 0.6) is 5.75 Å². The van der Waals surface area contributed by atoms with Crippen LogP contribution >= 0.6 is 11.3 Å². The molecule has 0 atom stereocenters. The molecule has 0 radical (unpaired) electrons. The Bertz CT molecular complexity index is 889. The van der Waals surface area contributed by atoms with Crippen molar-refractivity contribution in [1.29, 1.82) is 0 Å². The molecule has 4 nitrogen and oxygen atoms in total. The van der Waals surface area contributed by atoms with Crippen molar-refractivity contribution in [2.45, 2.75) is 12.8 Å². The lowest BCUT2D eigenvalue weighted by molar-refractivity contribution is 0.112. The molecule has 6 heteroatoms. The van der Waals surface area contributed by atoms with Gasteiger partial charge in [-0.15, -0.1) is 11.3 Å².